The van der Waals surface area contributed by atoms with E-state index in [1.807, 2.05) is 24.3 Å². The first kappa shape index (κ1) is 19.3. The maximum atomic E-state index is 7.62. The van der Waals surface area contributed by atoms with Crippen LogP contribution in [0.4, 0.5) is 0 Å². The highest BCUT2D eigenvalue weighted by molar-refractivity contribution is 5.96. The lowest BCUT2D eigenvalue weighted by Gasteiger charge is -2.25. The summed E-state index contributed by atoms with van der Waals surface area (Å²) >= 11 is 0. The molecule has 0 spiro atoms. The third-order valence-corrected chi connectivity index (χ3v) is 5.03. The Hall–Kier alpha value is -2.43. The molecule has 2 aromatic carbocycles. The predicted octanol–water partition coefficient (Wildman–Crippen LogP) is 4.37. The van der Waals surface area contributed by atoms with Gasteiger partial charge in [0.15, 0.2) is 0 Å². The van der Waals surface area contributed by atoms with E-state index in [4.69, 9.17) is 21.6 Å². The maximum absolute atomic E-state index is 7.62. The Bertz CT molecular complexity index is 813. The Morgan fingerprint density at radius 2 is 1.93 bits per heavy atom. The van der Waals surface area contributed by atoms with Crippen LogP contribution in [0.3, 0.4) is 0 Å². The molecule has 2 aromatic rings. The number of rotatable bonds is 7. The van der Waals surface area contributed by atoms with Gasteiger partial charge in [-0.3, -0.25) is 5.41 Å². The van der Waals surface area contributed by atoms with E-state index in [1.165, 1.54) is 24.0 Å². The Kier molecular flexibility index (Phi) is 6.80. The second kappa shape index (κ2) is 9.49. The Balaban J connectivity index is 1.64. The zero-order chi connectivity index (χ0) is 19.1. The smallest absolute Gasteiger partial charge is 0.122 e. The van der Waals surface area contributed by atoms with Gasteiger partial charge in [0.1, 0.15) is 5.84 Å². The molecule has 1 aliphatic carbocycles. The van der Waals surface area contributed by atoms with Crippen molar-refractivity contribution in [3.05, 3.63) is 71.3 Å². The number of ether oxygens (including phenoxy) is 1. The predicted molar refractivity (Wildman–Crippen MR) is 112 cm³/mol. The van der Waals surface area contributed by atoms with Crippen molar-refractivity contribution in [3.63, 3.8) is 0 Å². The molecule has 27 heavy (non-hydrogen) atoms. The molecule has 0 aromatic heterocycles. The molecular formula is C23H29N3O. The highest BCUT2D eigenvalue weighted by Gasteiger charge is 2.17. The third kappa shape index (κ3) is 5.52. The summed E-state index contributed by atoms with van der Waals surface area (Å²) in [7, 11) is 0. The second-order valence-corrected chi connectivity index (χ2v) is 7.16. The Labute approximate surface area is 161 Å². The Morgan fingerprint density at radius 1 is 1.15 bits per heavy atom. The molecule has 4 nitrogen and oxygen atoms in total. The minimum atomic E-state index is 0.0899. The average molecular weight is 364 g/mol. The van der Waals surface area contributed by atoms with Gasteiger partial charge in [-0.25, -0.2) is 0 Å². The van der Waals surface area contributed by atoms with E-state index >= 15 is 0 Å². The van der Waals surface area contributed by atoms with E-state index in [-0.39, 0.29) is 5.84 Å². The topological polar surface area (TPSA) is 85.1 Å². The molecule has 5 N–H and O–H groups in total. The van der Waals surface area contributed by atoms with Crippen molar-refractivity contribution in [1.82, 2.24) is 0 Å². The first-order valence-corrected chi connectivity index (χ1v) is 9.69. The lowest BCUT2D eigenvalue weighted by atomic mass is 9.91. The van der Waals surface area contributed by atoms with Crippen LogP contribution in [0.15, 0.2) is 60.2 Å². The van der Waals surface area contributed by atoms with Crippen molar-refractivity contribution in [3.8, 4) is 11.1 Å². The molecule has 3 rings (SSSR count). The Morgan fingerprint density at radius 3 is 2.70 bits per heavy atom. The number of hydrogen-bond donors (Lipinski definition) is 3. The zero-order valence-electron chi connectivity index (χ0n) is 15.8. The number of nitrogen functional groups attached to an aromatic ring is 1. The van der Waals surface area contributed by atoms with Gasteiger partial charge >= 0.3 is 0 Å². The van der Waals surface area contributed by atoms with Gasteiger partial charge in [0, 0.05) is 5.56 Å². The number of amidine groups is 1. The fourth-order valence-corrected chi connectivity index (χ4v) is 3.59. The minimum Gasteiger partial charge on any atom is -0.384 e. The summed E-state index contributed by atoms with van der Waals surface area (Å²) in [5, 5.41) is 7.62. The monoisotopic (exact) mass is 363 g/mol. The van der Waals surface area contributed by atoms with Crippen LogP contribution < -0.4 is 11.5 Å². The van der Waals surface area contributed by atoms with E-state index in [0.717, 1.165) is 36.0 Å². The first-order valence-electron chi connectivity index (χ1n) is 9.69. The van der Waals surface area contributed by atoms with Crippen molar-refractivity contribution >= 4 is 5.84 Å². The quantitative estimate of drug-likeness (QED) is 0.388. The summed E-state index contributed by atoms with van der Waals surface area (Å²) in [4.78, 5) is 0. The number of benzene rings is 2. The van der Waals surface area contributed by atoms with Crippen molar-refractivity contribution in [2.45, 2.75) is 44.8 Å². The molecule has 0 aliphatic heterocycles. The summed E-state index contributed by atoms with van der Waals surface area (Å²) < 4.78 is 6.21. The molecule has 0 saturated heterocycles. The molecular weight excluding hydrogens is 334 g/mol. The normalized spacial score (nSPS) is 18.6. The van der Waals surface area contributed by atoms with Crippen LogP contribution in [0, 0.1) is 5.41 Å². The van der Waals surface area contributed by atoms with Gasteiger partial charge in [-0.2, -0.15) is 0 Å². The fraction of sp³-hybridized carbons (Fsp3) is 0.348. The molecule has 1 aliphatic rings. The molecule has 0 heterocycles. The van der Waals surface area contributed by atoms with Crippen LogP contribution in [0.2, 0.25) is 0 Å². The van der Waals surface area contributed by atoms with Gasteiger partial charge in [0.05, 0.1) is 12.7 Å². The summed E-state index contributed by atoms with van der Waals surface area (Å²) in [6.45, 7) is 1.34. The van der Waals surface area contributed by atoms with Crippen LogP contribution in [-0.2, 0) is 11.3 Å². The summed E-state index contributed by atoms with van der Waals surface area (Å²) in [6, 6.07) is 16.2. The van der Waals surface area contributed by atoms with Gasteiger partial charge in [0.25, 0.3) is 0 Å². The van der Waals surface area contributed by atoms with Crippen LogP contribution in [0.5, 0.6) is 0 Å². The summed E-state index contributed by atoms with van der Waals surface area (Å²) in [5.74, 6) is 0.0899. The molecule has 1 saturated carbocycles. The largest absolute Gasteiger partial charge is 0.384 e. The van der Waals surface area contributed by atoms with Crippen LogP contribution in [0.25, 0.3) is 11.1 Å². The van der Waals surface area contributed by atoms with E-state index in [0.29, 0.717) is 19.3 Å². The van der Waals surface area contributed by atoms with E-state index < -0.39 is 0 Å². The molecule has 4 heteroatoms. The van der Waals surface area contributed by atoms with E-state index in [9.17, 15) is 0 Å². The molecule has 0 bridgehead atoms. The van der Waals surface area contributed by atoms with Crippen LogP contribution >= 0.6 is 0 Å². The molecule has 1 unspecified atom stereocenters. The standard InChI is InChI=1S/C23H29N3O/c24-12-4-7-17-5-2-11-22(14-17)27-16-18-6-1-8-19(13-18)20-9-3-10-21(15-20)23(25)26/h1,3,6-10,13,15,22H,2,4-5,11-12,14,16,24H2,(H3,25,26)/b17-7+. The van der Waals surface area contributed by atoms with Crippen molar-refractivity contribution in [2.24, 2.45) is 11.5 Å². The van der Waals surface area contributed by atoms with Crippen molar-refractivity contribution < 1.29 is 4.74 Å². The van der Waals surface area contributed by atoms with E-state index in [1.54, 1.807) is 0 Å². The molecule has 1 atom stereocenters. The van der Waals surface area contributed by atoms with Crippen molar-refractivity contribution in [2.75, 3.05) is 6.54 Å². The van der Waals surface area contributed by atoms with Gasteiger partial charge in [0.2, 0.25) is 0 Å². The highest BCUT2D eigenvalue weighted by Crippen LogP contribution is 2.27. The van der Waals surface area contributed by atoms with Gasteiger partial charge in [-0.05, 0) is 67.5 Å². The minimum absolute atomic E-state index is 0.0899. The molecule has 0 amide bonds. The molecule has 142 valence electrons. The first-order chi connectivity index (χ1) is 13.2. The van der Waals surface area contributed by atoms with Gasteiger partial charge in [-0.15, -0.1) is 0 Å². The molecule has 1 fully saturated rings. The van der Waals surface area contributed by atoms with Gasteiger partial charge < -0.3 is 16.2 Å². The van der Waals surface area contributed by atoms with Crippen molar-refractivity contribution in [1.29, 1.82) is 5.41 Å². The average Bonchev–Trinajstić information content (AvgIpc) is 2.71. The summed E-state index contributed by atoms with van der Waals surface area (Å²) in [6.07, 6.45) is 8.08. The zero-order valence-corrected chi connectivity index (χ0v) is 15.8. The lowest BCUT2D eigenvalue weighted by Crippen LogP contribution is -2.18. The highest BCUT2D eigenvalue weighted by atomic mass is 16.5. The third-order valence-electron chi connectivity index (χ3n) is 5.03. The SMILES string of the molecule is N=C(N)c1cccc(-c2cccc(COC3CCC/C(=C\CCN)C3)c2)c1. The summed E-state index contributed by atoms with van der Waals surface area (Å²) in [5.41, 5.74) is 16.8. The molecule has 0 radical (unpaired) electrons. The lowest BCUT2D eigenvalue weighted by molar-refractivity contribution is 0.0274. The maximum Gasteiger partial charge on any atom is 0.122 e. The fourth-order valence-electron chi connectivity index (χ4n) is 3.59. The van der Waals surface area contributed by atoms with E-state index in [2.05, 4.69) is 30.3 Å². The second-order valence-electron chi connectivity index (χ2n) is 7.16. The van der Waals surface area contributed by atoms with Gasteiger partial charge in [-0.1, -0.05) is 48.0 Å². The van der Waals surface area contributed by atoms with Crippen LogP contribution in [-0.4, -0.2) is 18.5 Å². The van der Waals surface area contributed by atoms with Crippen LogP contribution in [0.1, 0.15) is 43.2 Å². The number of nitrogens with one attached hydrogen (secondary N) is 1. The number of nitrogens with two attached hydrogens (primary N) is 2. The number of hydrogen-bond acceptors (Lipinski definition) is 3.